The minimum absolute atomic E-state index is 0.0997. The molecule has 118 valence electrons. The Bertz CT molecular complexity index is 401. The van der Waals surface area contributed by atoms with E-state index < -0.39 is 0 Å². The monoisotopic (exact) mass is 292 g/mol. The van der Waals surface area contributed by atoms with E-state index in [1.54, 1.807) is 0 Å². The predicted octanol–water partition coefficient (Wildman–Crippen LogP) is 1.92. The zero-order chi connectivity index (χ0) is 14.4. The fourth-order valence-corrected chi connectivity index (χ4v) is 5.35. The lowest BCUT2D eigenvalue weighted by Crippen LogP contribution is -2.40. The van der Waals surface area contributed by atoms with Crippen molar-refractivity contribution in [1.29, 1.82) is 0 Å². The molecule has 0 radical (unpaired) electrons. The van der Waals surface area contributed by atoms with Crippen molar-refractivity contribution in [2.45, 2.75) is 63.6 Å². The first-order chi connectivity index (χ1) is 10.2. The van der Waals surface area contributed by atoms with Crippen molar-refractivity contribution in [3.63, 3.8) is 0 Å². The van der Waals surface area contributed by atoms with Gasteiger partial charge in [-0.15, -0.1) is 0 Å². The summed E-state index contributed by atoms with van der Waals surface area (Å²) in [6.45, 7) is 2.55. The fraction of sp³-hybridized carbons (Fsp3) is 0.941. The average Bonchev–Trinajstić information content (AvgIpc) is 3.20. The third-order valence-electron chi connectivity index (χ3n) is 6.68. The van der Waals surface area contributed by atoms with Crippen molar-refractivity contribution in [3.05, 3.63) is 0 Å². The minimum Gasteiger partial charge on any atom is -0.374 e. The molecule has 21 heavy (non-hydrogen) atoms. The summed E-state index contributed by atoms with van der Waals surface area (Å²) in [6, 6.07) is 0. The second kappa shape index (κ2) is 5.24. The van der Waals surface area contributed by atoms with Gasteiger partial charge < -0.3 is 15.4 Å². The first-order valence-electron chi connectivity index (χ1n) is 8.84. The van der Waals surface area contributed by atoms with Gasteiger partial charge in [0.2, 0.25) is 5.91 Å². The largest absolute Gasteiger partial charge is 0.374 e. The Morgan fingerprint density at radius 1 is 1.10 bits per heavy atom. The molecule has 4 heteroatoms. The van der Waals surface area contributed by atoms with Crippen molar-refractivity contribution in [2.24, 2.45) is 23.0 Å². The van der Waals surface area contributed by atoms with Crippen molar-refractivity contribution in [1.82, 2.24) is 4.90 Å². The molecule has 4 aliphatic rings. The van der Waals surface area contributed by atoms with Crippen LogP contribution in [0.2, 0.25) is 0 Å². The number of nitrogens with two attached hydrogens (primary N) is 1. The number of likely N-dealkylation sites (tertiary alicyclic amines) is 1. The highest BCUT2D eigenvalue weighted by Gasteiger charge is 2.54. The van der Waals surface area contributed by atoms with Crippen LogP contribution in [-0.4, -0.2) is 42.6 Å². The maximum Gasteiger partial charge on any atom is 0.223 e. The highest BCUT2D eigenvalue weighted by atomic mass is 16.5. The zero-order valence-electron chi connectivity index (χ0n) is 12.9. The molecule has 0 aromatic heterocycles. The lowest BCUT2D eigenvalue weighted by Gasteiger charge is -2.37. The molecule has 0 aromatic carbocycles. The van der Waals surface area contributed by atoms with Gasteiger partial charge >= 0.3 is 0 Å². The first-order valence-corrected chi connectivity index (χ1v) is 8.84. The Morgan fingerprint density at radius 3 is 2.29 bits per heavy atom. The van der Waals surface area contributed by atoms with E-state index in [4.69, 9.17) is 10.5 Å². The van der Waals surface area contributed by atoms with E-state index in [0.717, 1.165) is 25.9 Å². The molecule has 0 aromatic rings. The van der Waals surface area contributed by atoms with Gasteiger partial charge in [0.25, 0.3) is 0 Å². The molecular weight excluding hydrogens is 264 g/mol. The van der Waals surface area contributed by atoms with E-state index in [9.17, 15) is 4.79 Å². The highest BCUT2D eigenvalue weighted by molar-refractivity contribution is 5.77. The Labute approximate surface area is 127 Å². The van der Waals surface area contributed by atoms with Gasteiger partial charge in [0, 0.05) is 31.3 Å². The molecule has 4 fully saturated rings. The molecule has 3 saturated heterocycles. The van der Waals surface area contributed by atoms with Crippen LogP contribution in [0.1, 0.15) is 51.4 Å². The predicted molar refractivity (Wildman–Crippen MR) is 80.6 cm³/mol. The molecule has 3 aliphatic heterocycles. The number of carbonyl (C=O) groups is 1. The van der Waals surface area contributed by atoms with Gasteiger partial charge in [-0.25, -0.2) is 0 Å². The average molecular weight is 292 g/mol. The Morgan fingerprint density at radius 2 is 1.71 bits per heavy atom. The summed E-state index contributed by atoms with van der Waals surface area (Å²) in [5, 5.41) is 0. The van der Waals surface area contributed by atoms with Gasteiger partial charge in [-0.2, -0.15) is 0 Å². The van der Waals surface area contributed by atoms with Crippen LogP contribution in [-0.2, 0) is 9.53 Å². The van der Waals surface area contributed by atoms with E-state index >= 15 is 0 Å². The van der Waals surface area contributed by atoms with Gasteiger partial charge in [-0.05, 0) is 37.6 Å². The molecule has 1 aliphatic carbocycles. The van der Waals surface area contributed by atoms with Crippen LogP contribution in [0.3, 0.4) is 0 Å². The van der Waals surface area contributed by atoms with Crippen molar-refractivity contribution < 1.29 is 9.53 Å². The minimum atomic E-state index is 0.0997. The summed E-state index contributed by atoms with van der Waals surface area (Å²) in [5.74, 6) is 1.59. The maximum atomic E-state index is 12.8. The van der Waals surface area contributed by atoms with Gasteiger partial charge in [0.15, 0.2) is 0 Å². The molecule has 4 nitrogen and oxygen atoms in total. The van der Waals surface area contributed by atoms with Crippen molar-refractivity contribution in [3.8, 4) is 0 Å². The molecule has 0 spiro atoms. The molecular formula is C17H28N2O2. The maximum absolute atomic E-state index is 12.8. The Hall–Kier alpha value is -0.610. The van der Waals surface area contributed by atoms with Crippen LogP contribution in [0.4, 0.5) is 0 Å². The van der Waals surface area contributed by atoms with Crippen molar-refractivity contribution in [2.75, 3.05) is 19.6 Å². The van der Waals surface area contributed by atoms with Crippen LogP contribution in [0.15, 0.2) is 0 Å². The lowest BCUT2D eigenvalue weighted by molar-refractivity contribution is -0.133. The summed E-state index contributed by atoms with van der Waals surface area (Å²) >= 11 is 0. The van der Waals surface area contributed by atoms with Gasteiger partial charge in [-0.1, -0.05) is 19.3 Å². The molecule has 1 amide bonds. The van der Waals surface area contributed by atoms with Crippen LogP contribution >= 0.6 is 0 Å². The van der Waals surface area contributed by atoms with E-state index in [-0.39, 0.29) is 5.41 Å². The molecule has 2 bridgehead atoms. The number of hydrogen-bond donors (Lipinski definition) is 1. The van der Waals surface area contributed by atoms with Gasteiger partial charge in [0.1, 0.15) is 0 Å². The topological polar surface area (TPSA) is 55.6 Å². The van der Waals surface area contributed by atoms with Crippen LogP contribution in [0, 0.1) is 17.3 Å². The summed E-state index contributed by atoms with van der Waals surface area (Å²) in [4.78, 5) is 14.9. The normalized spacial score (nSPS) is 40.5. The standard InChI is InChI=1S/C17H28N2O2/c18-11-17(6-2-1-3-7-17)8-16(20)19-9-12-13(10-19)15-5-4-14(12)21-15/h12-15H,1-11,18H2. The highest BCUT2D eigenvalue weighted by Crippen LogP contribution is 2.48. The summed E-state index contributed by atoms with van der Waals surface area (Å²) in [6.07, 6.45) is 10.1. The van der Waals surface area contributed by atoms with E-state index in [0.29, 0.717) is 42.9 Å². The molecule has 4 atom stereocenters. The third kappa shape index (κ3) is 2.31. The van der Waals surface area contributed by atoms with Crippen LogP contribution < -0.4 is 5.73 Å². The van der Waals surface area contributed by atoms with Crippen LogP contribution in [0.5, 0.6) is 0 Å². The Kier molecular flexibility index (Phi) is 3.49. The van der Waals surface area contributed by atoms with E-state index in [1.807, 2.05) is 0 Å². The number of hydrogen-bond acceptors (Lipinski definition) is 3. The fourth-order valence-electron chi connectivity index (χ4n) is 5.35. The zero-order valence-corrected chi connectivity index (χ0v) is 12.9. The second-order valence-corrected chi connectivity index (χ2v) is 7.86. The molecule has 2 N–H and O–H groups in total. The molecule has 1 saturated carbocycles. The summed E-state index contributed by atoms with van der Waals surface area (Å²) < 4.78 is 6.00. The number of fused-ring (bicyclic) bond motifs is 5. The van der Waals surface area contributed by atoms with Gasteiger partial charge in [0.05, 0.1) is 12.2 Å². The van der Waals surface area contributed by atoms with Gasteiger partial charge in [-0.3, -0.25) is 4.79 Å². The molecule has 4 rings (SSSR count). The SMILES string of the molecule is NCC1(CC(=O)N2CC3C4CCC(O4)C3C2)CCCCC1. The first kappa shape index (κ1) is 14.0. The van der Waals surface area contributed by atoms with Crippen LogP contribution in [0.25, 0.3) is 0 Å². The quantitative estimate of drug-likeness (QED) is 0.864. The lowest BCUT2D eigenvalue weighted by atomic mass is 9.71. The van der Waals surface area contributed by atoms with Crippen molar-refractivity contribution >= 4 is 5.91 Å². The third-order valence-corrected chi connectivity index (χ3v) is 6.68. The smallest absolute Gasteiger partial charge is 0.223 e. The number of nitrogens with zero attached hydrogens (tertiary/aromatic N) is 1. The number of ether oxygens (including phenoxy) is 1. The number of amides is 1. The summed E-state index contributed by atoms with van der Waals surface area (Å²) in [5.41, 5.74) is 6.14. The summed E-state index contributed by atoms with van der Waals surface area (Å²) in [7, 11) is 0. The molecule has 4 unspecified atom stereocenters. The Balaban J connectivity index is 1.40. The van der Waals surface area contributed by atoms with E-state index in [1.165, 1.54) is 32.1 Å². The second-order valence-electron chi connectivity index (χ2n) is 7.86. The number of carbonyl (C=O) groups excluding carboxylic acids is 1. The molecule has 3 heterocycles. The number of rotatable bonds is 3. The van der Waals surface area contributed by atoms with E-state index in [2.05, 4.69) is 4.90 Å².